The largest absolute Gasteiger partial charge is 0.381 e. The third-order valence-corrected chi connectivity index (χ3v) is 4.11. The first kappa shape index (κ1) is 13.8. The van der Waals surface area contributed by atoms with Crippen molar-refractivity contribution in [1.82, 2.24) is 4.98 Å². The monoisotopic (exact) mass is 277 g/mol. The van der Waals surface area contributed by atoms with Gasteiger partial charge in [0.05, 0.1) is 0 Å². The topological polar surface area (TPSA) is 33.1 Å². The molecule has 1 unspecified atom stereocenters. The molecule has 0 radical (unpaired) electrons. The Balaban J connectivity index is 2.27. The van der Waals surface area contributed by atoms with Crippen LogP contribution in [0.25, 0.3) is 10.8 Å². The van der Waals surface area contributed by atoms with E-state index in [9.17, 15) is 5.11 Å². The maximum absolute atomic E-state index is 11.2. The van der Waals surface area contributed by atoms with Crippen LogP contribution in [-0.4, -0.2) is 10.1 Å². The minimum atomic E-state index is -1.07. The smallest absolute Gasteiger partial charge is 0.114 e. The van der Waals surface area contributed by atoms with Crippen LogP contribution in [0, 0.1) is 13.8 Å². The lowest BCUT2D eigenvalue weighted by atomic mass is 9.83. The molecule has 0 bridgehead atoms. The molecule has 106 valence electrons. The van der Waals surface area contributed by atoms with Crippen molar-refractivity contribution in [2.75, 3.05) is 0 Å². The molecular formula is C19H19NO. The molecule has 0 aliphatic carbocycles. The number of hydrogen-bond donors (Lipinski definition) is 1. The highest BCUT2D eigenvalue weighted by Gasteiger charge is 2.29. The molecule has 0 saturated heterocycles. The van der Waals surface area contributed by atoms with Crippen LogP contribution in [0.15, 0.2) is 54.9 Å². The fourth-order valence-corrected chi connectivity index (χ4v) is 2.91. The molecule has 0 fully saturated rings. The fourth-order valence-electron chi connectivity index (χ4n) is 2.91. The molecule has 1 aromatic heterocycles. The van der Waals surface area contributed by atoms with E-state index in [-0.39, 0.29) is 0 Å². The van der Waals surface area contributed by atoms with Crippen LogP contribution < -0.4 is 0 Å². The maximum Gasteiger partial charge on any atom is 0.114 e. The van der Waals surface area contributed by atoms with Crippen molar-refractivity contribution < 1.29 is 5.11 Å². The number of pyridine rings is 1. The van der Waals surface area contributed by atoms with Gasteiger partial charge in [0, 0.05) is 23.3 Å². The van der Waals surface area contributed by atoms with Crippen LogP contribution in [0.3, 0.4) is 0 Å². The van der Waals surface area contributed by atoms with E-state index in [0.29, 0.717) is 0 Å². The Hall–Kier alpha value is -2.19. The zero-order valence-corrected chi connectivity index (χ0v) is 12.6. The Morgan fingerprint density at radius 3 is 2.52 bits per heavy atom. The molecule has 0 spiro atoms. The molecule has 2 heteroatoms. The van der Waals surface area contributed by atoms with Gasteiger partial charge < -0.3 is 5.11 Å². The summed E-state index contributed by atoms with van der Waals surface area (Å²) < 4.78 is 0. The Morgan fingerprint density at radius 1 is 0.952 bits per heavy atom. The number of benzene rings is 2. The van der Waals surface area contributed by atoms with E-state index in [2.05, 4.69) is 23.2 Å². The average Bonchev–Trinajstić information content (AvgIpc) is 2.49. The first-order chi connectivity index (χ1) is 10.00. The van der Waals surface area contributed by atoms with Crippen molar-refractivity contribution in [3.8, 4) is 0 Å². The second-order valence-electron chi connectivity index (χ2n) is 5.80. The van der Waals surface area contributed by atoms with Crippen LogP contribution in [0.1, 0.15) is 29.2 Å². The number of aliphatic hydroxyl groups is 1. The van der Waals surface area contributed by atoms with Gasteiger partial charge in [-0.3, -0.25) is 4.98 Å². The summed E-state index contributed by atoms with van der Waals surface area (Å²) in [5.41, 5.74) is 2.93. The molecule has 3 rings (SSSR count). The predicted octanol–water partition coefficient (Wildman–Crippen LogP) is 4.11. The highest BCUT2D eigenvalue weighted by molar-refractivity contribution is 5.85. The number of aromatic nitrogens is 1. The summed E-state index contributed by atoms with van der Waals surface area (Å²) >= 11 is 0. The maximum atomic E-state index is 11.2. The molecule has 0 amide bonds. The summed E-state index contributed by atoms with van der Waals surface area (Å²) in [7, 11) is 0. The van der Waals surface area contributed by atoms with E-state index in [1.54, 1.807) is 6.20 Å². The van der Waals surface area contributed by atoms with Gasteiger partial charge in [-0.05, 0) is 37.3 Å². The van der Waals surface area contributed by atoms with E-state index in [1.165, 1.54) is 0 Å². The molecule has 3 aromatic rings. The molecule has 1 N–H and O–H groups in total. The summed E-state index contributed by atoms with van der Waals surface area (Å²) in [6, 6.07) is 14.2. The lowest BCUT2D eigenvalue weighted by Crippen LogP contribution is -2.24. The van der Waals surface area contributed by atoms with Gasteiger partial charge in [0.2, 0.25) is 0 Å². The Kier molecular flexibility index (Phi) is 3.26. The van der Waals surface area contributed by atoms with E-state index in [4.69, 9.17) is 0 Å². The SMILES string of the molecule is Cc1ccc(C)c(C(C)(O)c2cncc3ccccc23)c1. The van der Waals surface area contributed by atoms with Crippen LogP contribution in [0.5, 0.6) is 0 Å². The minimum Gasteiger partial charge on any atom is -0.381 e. The zero-order valence-electron chi connectivity index (χ0n) is 12.6. The van der Waals surface area contributed by atoms with Crippen molar-refractivity contribution in [2.45, 2.75) is 26.4 Å². The van der Waals surface area contributed by atoms with Gasteiger partial charge in [-0.1, -0.05) is 48.0 Å². The number of fused-ring (bicyclic) bond motifs is 1. The summed E-state index contributed by atoms with van der Waals surface area (Å²) in [5, 5.41) is 13.3. The normalized spacial score (nSPS) is 14.1. The first-order valence-corrected chi connectivity index (χ1v) is 7.13. The van der Waals surface area contributed by atoms with Gasteiger partial charge in [0.25, 0.3) is 0 Å². The van der Waals surface area contributed by atoms with Gasteiger partial charge in [-0.2, -0.15) is 0 Å². The summed E-state index contributed by atoms with van der Waals surface area (Å²) in [5.74, 6) is 0. The number of aryl methyl sites for hydroxylation is 2. The zero-order chi connectivity index (χ0) is 15.0. The van der Waals surface area contributed by atoms with Crippen molar-refractivity contribution in [3.63, 3.8) is 0 Å². The Bertz CT molecular complexity index is 800. The van der Waals surface area contributed by atoms with E-state index in [0.717, 1.165) is 33.0 Å². The van der Waals surface area contributed by atoms with Crippen molar-refractivity contribution >= 4 is 10.8 Å². The van der Waals surface area contributed by atoms with Crippen molar-refractivity contribution in [1.29, 1.82) is 0 Å². The molecule has 2 nitrogen and oxygen atoms in total. The third-order valence-electron chi connectivity index (χ3n) is 4.11. The predicted molar refractivity (Wildman–Crippen MR) is 86.3 cm³/mol. The molecule has 1 heterocycles. The molecule has 0 aliphatic heterocycles. The number of rotatable bonds is 2. The standard InChI is InChI=1S/C19H19NO/c1-13-8-9-14(2)17(10-13)19(3,21)18-12-20-11-15-6-4-5-7-16(15)18/h4-12,21H,1-3H3. The second kappa shape index (κ2) is 4.97. The van der Waals surface area contributed by atoms with Crippen molar-refractivity contribution in [3.05, 3.63) is 77.1 Å². The lowest BCUT2D eigenvalue weighted by Gasteiger charge is -2.27. The first-order valence-electron chi connectivity index (χ1n) is 7.13. The number of hydrogen-bond acceptors (Lipinski definition) is 2. The van der Waals surface area contributed by atoms with Gasteiger partial charge in [0.1, 0.15) is 5.60 Å². The van der Waals surface area contributed by atoms with Crippen LogP contribution in [-0.2, 0) is 5.60 Å². The lowest BCUT2D eigenvalue weighted by molar-refractivity contribution is 0.103. The molecule has 0 saturated carbocycles. The Labute approximate surface area is 125 Å². The van der Waals surface area contributed by atoms with Crippen LogP contribution in [0.4, 0.5) is 0 Å². The average molecular weight is 277 g/mol. The van der Waals surface area contributed by atoms with Gasteiger partial charge in [-0.15, -0.1) is 0 Å². The van der Waals surface area contributed by atoms with Gasteiger partial charge in [-0.25, -0.2) is 0 Å². The van der Waals surface area contributed by atoms with E-state index in [1.807, 2.05) is 51.2 Å². The molecule has 0 aliphatic rings. The third kappa shape index (κ3) is 2.32. The van der Waals surface area contributed by atoms with Crippen LogP contribution in [0.2, 0.25) is 0 Å². The molecule has 2 aromatic carbocycles. The van der Waals surface area contributed by atoms with Crippen molar-refractivity contribution in [2.24, 2.45) is 0 Å². The summed E-state index contributed by atoms with van der Waals surface area (Å²) in [6.07, 6.45) is 3.60. The molecular weight excluding hydrogens is 258 g/mol. The highest BCUT2D eigenvalue weighted by Crippen LogP contribution is 2.35. The summed E-state index contributed by atoms with van der Waals surface area (Å²) in [4.78, 5) is 4.30. The molecule has 21 heavy (non-hydrogen) atoms. The van der Waals surface area contributed by atoms with Crippen LogP contribution >= 0.6 is 0 Å². The fraction of sp³-hybridized carbons (Fsp3) is 0.211. The highest BCUT2D eigenvalue weighted by atomic mass is 16.3. The van der Waals surface area contributed by atoms with Gasteiger partial charge in [0.15, 0.2) is 0 Å². The Morgan fingerprint density at radius 2 is 1.71 bits per heavy atom. The quantitative estimate of drug-likeness (QED) is 0.764. The second-order valence-corrected chi connectivity index (χ2v) is 5.80. The van der Waals surface area contributed by atoms with E-state index >= 15 is 0 Å². The number of nitrogens with zero attached hydrogens (tertiary/aromatic N) is 1. The van der Waals surface area contributed by atoms with Gasteiger partial charge >= 0.3 is 0 Å². The molecule has 1 atom stereocenters. The summed E-state index contributed by atoms with van der Waals surface area (Å²) in [6.45, 7) is 5.92. The minimum absolute atomic E-state index is 0.842. The van der Waals surface area contributed by atoms with E-state index < -0.39 is 5.60 Å².